The van der Waals surface area contributed by atoms with Gasteiger partial charge in [0.2, 0.25) is 0 Å². The number of nitrogens with zero attached hydrogens (tertiary/aromatic N) is 1. The lowest BCUT2D eigenvalue weighted by molar-refractivity contribution is 0.157. The maximum absolute atomic E-state index is 9.83. The third kappa shape index (κ3) is 2.43. The first-order valence-electron chi connectivity index (χ1n) is 6.18. The molecular formula is C13H21NO. The van der Waals surface area contributed by atoms with E-state index in [1.54, 1.807) is 0 Å². The highest BCUT2D eigenvalue weighted by molar-refractivity contribution is 5.28. The minimum atomic E-state index is -0.207. The van der Waals surface area contributed by atoms with Crippen LogP contribution in [0.5, 0.6) is 0 Å². The van der Waals surface area contributed by atoms with Gasteiger partial charge in [-0.3, -0.25) is 0 Å². The number of aliphatic hydroxyl groups is 1. The third-order valence-corrected chi connectivity index (χ3v) is 3.30. The lowest BCUT2D eigenvalue weighted by atomic mass is 9.93. The van der Waals surface area contributed by atoms with Gasteiger partial charge in [0, 0.05) is 24.5 Å². The van der Waals surface area contributed by atoms with Gasteiger partial charge in [0.05, 0.1) is 6.10 Å². The molecule has 1 aromatic rings. The van der Waals surface area contributed by atoms with Gasteiger partial charge in [-0.2, -0.15) is 0 Å². The highest BCUT2D eigenvalue weighted by Gasteiger charge is 2.19. The van der Waals surface area contributed by atoms with Crippen molar-refractivity contribution in [2.24, 2.45) is 0 Å². The van der Waals surface area contributed by atoms with E-state index in [0.29, 0.717) is 0 Å². The van der Waals surface area contributed by atoms with Crippen LogP contribution in [-0.2, 0) is 13.0 Å². The largest absolute Gasteiger partial charge is 0.388 e. The molecule has 2 heteroatoms. The van der Waals surface area contributed by atoms with Crippen LogP contribution >= 0.6 is 0 Å². The second kappa shape index (κ2) is 4.84. The number of fused-ring (bicyclic) bond motifs is 1. The Morgan fingerprint density at radius 3 is 3.00 bits per heavy atom. The Balaban J connectivity index is 2.01. The fourth-order valence-corrected chi connectivity index (χ4v) is 2.40. The highest BCUT2D eigenvalue weighted by atomic mass is 16.3. The zero-order valence-electron chi connectivity index (χ0n) is 9.58. The highest BCUT2D eigenvalue weighted by Crippen LogP contribution is 2.30. The third-order valence-electron chi connectivity index (χ3n) is 3.30. The minimum absolute atomic E-state index is 0.207. The van der Waals surface area contributed by atoms with Gasteiger partial charge >= 0.3 is 0 Å². The van der Waals surface area contributed by atoms with E-state index in [2.05, 4.69) is 23.9 Å². The minimum Gasteiger partial charge on any atom is -0.388 e. The van der Waals surface area contributed by atoms with Crippen molar-refractivity contribution in [2.75, 3.05) is 0 Å². The van der Waals surface area contributed by atoms with Gasteiger partial charge < -0.3 is 9.67 Å². The van der Waals surface area contributed by atoms with Gasteiger partial charge in [0.15, 0.2) is 0 Å². The van der Waals surface area contributed by atoms with Crippen LogP contribution in [0.15, 0.2) is 12.4 Å². The predicted octanol–water partition coefficient (Wildman–Crippen LogP) is 3.05. The first-order valence-corrected chi connectivity index (χ1v) is 6.18. The molecule has 0 amide bonds. The van der Waals surface area contributed by atoms with Crippen molar-refractivity contribution in [3.05, 3.63) is 23.5 Å². The van der Waals surface area contributed by atoms with Crippen molar-refractivity contribution in [2.45, 2.75) is 58.1 Å². The number of rotatable bonds is 4. The van der Waals surface area contributed by atoms with E-state index >= 15 is 0 Å². The summed E-state index contributed by atoms with van der Waals surface area (Å²) < 4.78 is 2.26. The second-order valence-electron chi connectivity index (χ2n) is 4.59. The summed E-state index contributed by atoms with van der Waals surface area (Å²) in [4.78, 5) is 0. The molecule has 0 spiro atoms. The molecule has 84 valence electrons. The van der Waals surface area contributed by atoms with Crippen molar-refractivity contribution in [3.8, 4) is 0 Å². The Morgan fingerprint density at radius 2 is 2.27 bits per heavy atom. The normalized spacial score (nSPS) is 20.3. The summed E-state index contributed by atoms with van der Waals surface area (Å²) in [6, 6.07) is 0. The Kier molecular flexibility index (Phi) is 3.47. The molecule has 1 unspecified atom stereocenters. The number of aryl methyl sites for hydroxylation is 2. The summed E-state index contributed by atoms with van der Waals surface area (Å²) >= 11 is 0. The summed E-state index contributed by atoms with van der Waals surface area (Å²) in [6.07, 6.45) is 11.2. The molecule has 1 aliphatic rings. The van der Waals surface area contributed by atoms with Crippen molar-refractivity contribution in [1.82, 2.24) is 4.57 Å². The number of hydrogen-bond acceptors (Lipinski definition) is 1. The van der Waals surface area contributed by atoms with Crippen molar-refractivity contribution in [1.29, 1.82) is 0 Å². The molecule has 0 saturated carbocycles. The monoisotopic (exact) mass is 207 g/mol. The van der Waals surface area contributed by atoms with Crippen LogP contribution in [0.3, 0.4) is 0 Å². The molecule has 0 radical (unpaired) electrons. The lowest BCUT2D eigenvalue weighted by Crippen LogP contribution is -2.05. The molecule has 0 aromatic carbocycles. The smallest absolute Gasteiger partial charge is 0.0807 e. The maximum Gasteiger partial charge on any atom is 0.0807 e. The predicted molar refractivity (Wildman–Crippen MR) is 61.9 cm³/mol. The number of aliphatic hydroxyl groups excluding tert-OH is 1. The van der Waals surface area contributed by atoms with E-state index in [1.807, 2.05) is 0 Å². The number of unbranched alkanes of at least 4 members (excludes halogenated alkanes) is 2. The molecule has 2 nitrogen and oxygen atoms in total. The van der Waals surface area contributed by atoms with E-state index in [0.717, 1.165) is 25.8 Å². The average Bonchev–Trinajstić information content (AvgIpc) is 2.63. The Morgan fingerprint density at radius 1 is 1.40 bits per heavy atom. The Hall–Kier alpha value is -0.760. The van der Waals surface area contributed by atoms with Crippen LogP contribution < -0.4 is 0 Å². The fourth-order valence-electron chi connectivity index (χ4n) is 2.40. The first kappa shape index (κ1) is 10.7. The standard InChI is InChI=1S/C13H21NO/c1-2-3-4-8-14-9-11-6-5-7-13(15)12(11)10-14/h9-10,13,15H,2-8H2,1H3. The molecule has 1 N–H and O–H groups in total. The topological polar surface area (TPSA) is 25.2 Å². The van der Waals surface area contributed by atoms with Crippen LogP contribution in [0.4, 0.5) is 0 Å². The number of aromatic nitrogens is 1. The van der Waals surface area contributed by atoms with Crippen LogP contribution in [0, 0.1) is 0 Å². The molecular weight excluding hydrogens is 186 g/mol. The van der Waals surface area contributed by atoms with Crippen molar-refractivity contribution in [3.63, 3.8) is 0 Å². The van der Waals surface area contributed by atoms with Gasteiger partial charge in [-0.05, 0) is 31.2 Å². The van der Waals surface area contributed by atoms with Gasteiger partial charge in [0.1, 0.15) is 0 Å². The molecule has 0 saturated heterocycles. The van der Waals surface area contributed by atoms with Gasteiger partial charge in [-0.15, -0.1) is 0 Å². The van der Waals surface area contributed by atoms with Crippen molar-refractivity contribution < 1.29 is 5.11 Å². The summed E-state index contributed by atoms with van der Waals surface area (Å²) in [5.74, 6) is 0. The van der Waals surface area contributed by atoms with E-state index in [4.69, 9.17) is 0 Å². The van der Waals surface area contributed by atoms with E-state index < -0.39 is 0 Å². The quantitative estimate of drug-likeness (QED) is 0.754. The van der Waals surface area contributed by atoms with Gasteiger partial charge in [-0.25, -0.2) is 0 Å². The van der Waals surface area contributed by atoms with Gasteiger partial charge in [-0.1, -0.05) is 19.8 Å². The summed E-state index contributed by atoms with van der Waals surface area (Å²) in [5, 5.41) is 9.83. The average molecular weight is 207 g/mol. The molecule has 2 rings (SSSR count). The van der Waals surface area contributed by atoms with E-state index in [1.165, 1.54) is 30.4 Å². The SMILES string of the molecule is CCCCCn1cc2c(c1)C(O)CCC2. The van der Waals surface area contributed by atoms with Crippen LogP contribution in [0.25, 0.3) is 0 Å². The van der Waals surface area contributed by atoms with Crippen LogP contribution in [0.2, 0.25) is 0 Å². The summed E-state index contributed by atoms with van der Waals surface area (Å²) in [7, 11) is 0. The summed E-state index contributed by atoms with van der Waals surface area (Å²) in [5.41, 5.74) is 2.54. The fraction of sp³-hybridized carbons (Fsp3) is 0.692. The molecule has 1 aromatic heterocycles. The van der Waals surface area contributed by atoms with Gasteiger partial charge in [0.25, 0.3) is 0 Å². The van der Waals surface area contributed by atoms with Crippen molar-refractivity contribution >= 4 is 0 Å². The second-order valence-corrected chi connectivity index (χ2v) is 4.59. The Labute approximate surface area is 91.9 Å². The molecule has 0 bridgehead atoms. The zero-order chi connectivity index (χ0) is 10.7. The molecule has 1 heterocycles. The zero-order valence-corrected chi connectivity index (χ0v) is 9.58. The first-order chi connectivity index (χ1) is 7.31. The molecule has 1 aliphatic carbocycles. The maximum atomic E-state index is 9.83. The van der Waals surface area contributed by atoms with Crippen LogP contribution in [-0.4, -0.2) is 9.67 Å². The van der Waals surface area contributed by atoms with E-state index in [-0.39, 0.29) is 6.10 Å². The molecule has 0 aliphatic heterocycles. The lowest BCUT2D eigenvalue weighted by Gasteiger charge is -2.16. The molecule has 1 atom stereocenters. The molecule has 15 heavy (non-hydrogen) atoms. The summed E-state index contributed by atoms with van der Waals surface area (Å²) in [6.45, 7) is 3.33. The Bertz CT molecular complexity index is 316. The number of hydrogen-bond donors (Lipinski definition) is 1. The van der Waals surface area contributed by atoms with Crippen LogP contribution in [0.1, 0.15) is 56.3 Å². The molecule has 0 fully saturated rings. The van der Waals surface area contributed by atoms with E-state index in [9.17, 15) is 5.11 Å².